The summed E-state index contributed by atoms with van der Waals surface area (Å²) in [6.45, 7) is 3.62. The third-order valence-corrected chi connectivity index (χ3v) is 4.23. The Morgan fingerprint density at radius 2 is 2.17 bits per heavy atom. The number of hydrogen-bond acceptors (Lipinski definition) is 2. The van der Waals surface area contributed by atoms with Crippen LogP contribution >= 0.6 is 34.2 Å². The van der Waals surface area contributed by atoms with Crippen LogP contribution in [0.5, 0.6) is 0 Å². The fourth-order valence-corrected chi connectivity index (χ4v) is 2.40. The van der Waals surface area contributed by atoms with E-state index in [1.54, 1.807) is 12.0 Å². The summed E-state index contributed by atoms with van der Waals surface area (Å²) in [4.78, 5) is 14.2. The number of alkyl halides is 1. The number of rotatable bonds is 6. The zero-order valence-electron chi connectivity index (χ0n) is 10.6. The van der Waals surface area contributed by atoms with Crippen LogP contribution in [0.4, 0.5) is 0 Å². The van der Waals surface area contributed by atoms with Crippen molar-refractivity contribution in [3.63, 3.8) is 0 Å². The Hall–Kier alpha value is -0.330. The number of nitrogens with zero attached hydrogens (tertiary/aromatic N) is 1. The fraction of sp³-hybridized carbons (Fsp3) is 0.462. The summed E-state index contributed by atoms with van der Waals surface area (Å²) in [7, 11) is 1.62. The molecule has 0 aromatic heterocycles. The molecule has 0 aliphatic heterocycles. The van der Waals surface area contributed by atoms with Gasteiger partial charge in [-0.15, -0.1) is 11.6 Å². The maximum absolute atomic E-state index is 12.4. The van der Waals surface area contributed by atoms with Gasteiger partial charge in [0.2, 0.25) is 0 Å². The van der Waals surface area contributed by atoms with Crippen LogP contribution in [0.2, 0.25) is 0 Å². The maximum Gasteiger partial charge on any atom is 0.255 e. The first-order valence-corrected chi connectivity index (χ1v) is 7.32. The Morgan fingerprint density at radius 1 is 1.44 bits per heavy atom. The van der Waals surface area contributed by atoms with Crippen LogP contribution in [0.15, 0.2) is 18.2 Å². The summed E-state index contributed by atoms with van der Waals surface area (Å²) in [6, 6.07) is 5.75. The second-order valence-corrected chi connectivity index (χ2v) is 5.37. The molecular weight excluding hydrogens is 365 g/mol. The number of hydrogen-bond donors (Lipinski definition) is 0. The van der Waals surface area contributed by atoms with E-state index in [0.29, 0.717) is 25.6 Å². The Kier molecular flexibility index (Phi) is 6.96. The Morgan fingerprint density at radius 3 is 2.78 bits per heavy atom. The lowest BCUT2D eigenvalue weighted by Crippen LogP contribution is -2.36. The zero-order chi connectivity index (χ0) is 13.5. The highest BCUT2D eigenvalue weighted by Crippen LogP contribution is 2.18. The standard InChI is InChI=1S/C13H17ClINO2/c1-10-4-3-5-11(12(10)15)13(17)16(7-6-14)8-9-18-2/h3-5H,6-9H2,1-2H3. The molecule has 1 amide bonds. The molecule has 0 fully saturated rings. The average molecular weight is 382 g/mol. The van der Waals surface area contributed by atoms with Gasteiger partial charge in [-0.1, -0.05) is 12.1 Å². The van der Waals surface area contributed by atoms with Crippen molar-refractivity contribution in [2.24, 2.45) is 0 Å². The lowest BCUT2D eigenvalue weighted by molar-refractivity contribution is 0.0706. The summed E-state index contributed by atoms with van der Waals surface area (Å²) < 4.78 is 6.02. The van der Waals surface area contributed by atoms with E-state index < -0.39 is 0 Å². The van der Waals surface area contributed by atoms with Crippen molar-refractivity contribution in [2.45, 2.75) is 6.92 Å². The lowest BCUT2D eigenvalue weighted by atomic mass is 10.1. The minimum Gasteiger partial charge on any atom is -0.383 e. The molecule has 0 aliphatic rings. The first-order valence-electron chi connectivity index (χ1n) is 5.71. The first-order chi connectivity index (χ1) is 8.61. The normalized spacial score (nSPS) is 10.4. The molecule has 1 aromatic carbocycles. The number of aryl methyl sites for hydroxylation is 1. The Balaban J connectivity index is 2.90. The molecule has 0 saturated carbocycles. The Labute approximate surface area is 127 Å². The van der Waals surface area contributed by atoms with Gasteiger partial charge in [0.15, 0.2) is 0 Å². The van der Waals surface area contributed by atoms with Gasteiger partial charge in [0.25, 0.3) is 5.91 Å². The molecule has 3 nitrogen and oxygen atoms in total. The van der Waals surface area contributed by atoms with E-state index in [-0.39, 0.29) is 5.91 Å². The molecular formula is C13H17ClINO2. The summed E-state index contributed by atoms with van der Waals surface area (Å²) in [5, 5.41) is 0. The van der Waals surface area contributed by atoms with E-state index in [9.17, 15) is 4.79 Å². The van der Waals surface area contributed by atoms with Crippen LogP contribution < -0.4 is 0 Å². The van der Waals surface area contributed by atoms with Gasteiger partial charge in [-0.2, -0.15) is 0 Å². The number of methoxy groups -OCH3 is 1. The predicted molar refractivity (Wildman–Crippen MR) is 82.4 cm³/mol. The quantitative estimate of drug-likeness (QED) is 0.560. The second-order valence-electron chi connectivity index (χ2n) is 3.91. The molecule has 100 valence electrons. The van der Waals surface area contributed by atoms with E-state index >= 15 is 0 Å². The SMILES string of the molecule is COCCN(CCCl)C(=O)c1cccc(C)c1I. The molecule has 0 saturated heterocycles. The maximum atomic E-state index is 12.4. The predicted octanol–water partition coefficient (Wildman–Crippen LogP) is 2.93. The fourth-order valence-electron chi connectivity index (χ4n) is 1.60. The topological polar surface area (TPSA) is 29.5 Å². The number of benzene rings is 1. The van der Waals surface area contributed by atoms with Gasteiger partial charge >= 0.3 is 0 Å². The molecule has 0 aliphatic carbocycles. The molecule has 1 rings (SSSR count). The van der Waals surface area contributed by atoms with E-state index in [2.05, 4.69) is 22.6 Å². The van der Waals surface area contributed by atoms with Crippen molar-refractivity contribution in [3.8, 4) is 0 Å². The highest BCUT2D eigenvalue weighted by atomic mass is 127. The van der Waals surface area contributed by atoms with Crippen LogP contribution in [0.1, 0.15) is 15.9 Å². The summed E-state index contributed by atoms with van der Waals surface area (Å²) >= 11 is 7.95. The first kappa shape index (κ1) is 15.7. The van der Waals surface area contributed by atoms with Crippen LogP contribution in [-0.4, -0.2) is 43.5 Å². The third-order valence-electron chi connectivity index (χ3n) is 2.63. The van der Waals surface area contributed by atoms with Crippen LogP contribution in [-0.2, 0) is 4.74 Å². The molecule has 1 aromatic rings. The van der Waals surface area contributed by atoms with Crippen molar-refractivity contribution >= 4 is 40.1 Å². The molecule has 0 radical (unpaired) electrons. The third kappa shape index (κ3) is 4.10. The van der Waals surface area contributed by atoms with Gasteiger partial charge < -0.3 is 9.64 Å². The minimum absolute atomic E-state index is 0.0146. The molecule has 0 bridgehead atoms. The smallest absolute Gasteiger partial charge is 0.255 e. The summed E-state index contributed by atoms with van der Waals surface area (Å²) in [5.74, 6) is 0.443. The summed E-state index contributed by atoms with van der Waals surface area (Å²) in [6.07, 6.45) is 0. The minimum atomic E-state index is 0.0146. The highest BCUT2D eigenvalue weighted by molar-refractivity contribution is 14.1. The Bertz CT molecular complexity index is 412. The molecule has 0 N–H and O–H groups in total. The van der Waals surface area contributed by atoms with Crippen molar-refractivity contribution in [1.29, 1.82) is 0 Å². The van der Waals surface area contributed by atoms with Gasteiger partial charge in [-0.05, 0) is 41.1 Å². The average Bonchev–Trinajstić information content (AvgIpc) is 2.37. The number of ether oxygens (including phenoxy) is 1. The molecule has 18 heavy (non-hydrogen) atoms. The highest BCUT2D eigenvalue weighted by Gasteiger charge is 2.18. The molecule has 0 heterocycles. The van der Waals surface area contributed by atoms with Crippen molar-refractivity contribution in [1.82, 2.24) is 4.90 Å². The number of amides is 1. The lowest BCUT2D eigenvalue weighted by Gasteiger charge is -2.22. The molecule has 0 atom stereocenters. The summed E-state index contributed by atoms with van der Waals surface area (Å²) in [5.41, 5.74) is 1.84. The van der Waals surface area contributed by atoms with Crippen LogP contribution in [0, 0.1) is 10.5 Å². The number of carbonyl (C=O) groups excluding carboxylic acids is 1. The van der Waals surface area contributed by atoms with E-state index in [1.165, 1.54) is 0 Å². The largest absolute Gasteiger partial charge is 0.383 e. The van der Waals surface area contributed by atoms with Crippen LogP contribution in [0.3, 0.4) is 0 Å². The monoisotopic (exact) mass is 381 g/mol. The molecule has 0 spiro atoms. The van der Waals surface area contributed by atoms with Gasteiger partial charge in [0.05, 0.1) is 12.2 Å². The van der Waals surface area contributed by atoms with Crippen LogP contribution in [0.25, 0.3) is 0 Å². The van der Waals surface area contributed by atoms with E-state index in [0.717, 1.165) is 14.7 Å². The van der Waals surface area contributed by atoms with E-state index in [4.69, 9.17) is 16.3 Å². The number of halogens is 2. The van der Waals surface area contributed by atoms with Gasteiger partial charge in [0, 0.05) is 29.6 Å². The molecule has 0 unspecified atom stereocenters. The van der Waals surface area contributed by atoms with Crippen molar-refractivity contribution < 1.29 is 9.53 Å². The second kappa shape index (κ2) is 7.96. The van der Waals surface area contributed by atoms with Gasteiger partial charge in [0.1, 0.15) is 0 Å². The van der Waals surface area contributed by atoms with Gasteiger partial charge in [-0.3, -0.25) is 4.79 Å². The van der Waals surface area contributed by atoms with Gasteiger partial charge in [-0.25, -0.2) is 0 Å². The number of carbonyl (C=O) groups is 1. The van der Waals surface area contributed by atoms with E-state index in [1.807, 2.05) is 25.1 Å². The van der Waals surface area contributed by atoms with Crippen molar-refractivity contribution in [2.75, 3.05) is 32.7 Å². The van der Waals surface area contributed by atoms with Crippen molar-refractivity contribution in [3.05, 3.63) is 32.9 Å². The molecule has 5 heteroatoms. The zero-order valence-corrected chi connectivity index (χ0v) is 13.5.